The van der Waals surface area contributed by atoms with Gasteiger partial charge in [0.2, 0.25) is 0 Å². The second-order valence-electron chi connectivity index (χ2n) is 8.72. The molecule has 1 heterocycles. The lowest BCUT2D eigenvalue weighted by Crippen LogP contribution is -2.68. The molecule has 0 spiro atoms. The summed E-state index contributed by atoms with van der Waals surface area (Å²) in [4.78, 5) is 24.9. The van der Waals surface area contributed by atoms with Crippen molar-refractivity contribution < 1.29 is 18.8 Å². The lowest BCUT2D eigenvalue weighted by atomic mass is 9.63. The van der Waals surface area contributed by atoms with Crippen molar-refractivity contribution in [1.29, 1.82) is 0 Å². The predicted octanol–water partition coefficient (Wildman–Crippen LogP) is 3.62. The normalized spacial score (nSPS) is 43.3. The van der Waals surface area contributed by atoms with Crippen LogP contribution in [0, 0.1) is 11.3 Å². The highest BCUT2D eigenvalue weighted by Gasteiger charge is 2.74. The third-order valence-electron chi connectivity index (χ3n) is 6.04. The average molecular weight is 337 g/mol. The van der Waals surface area contributed by atoms with E-state index < -0.39 is 24.9 Å². The maximum absolute atomic E-state index is 13.1. The summed E-state index contributed by atoms with van der Waals surface area (Å²) < 4.78 is 12.5. The van der Waals surface area contributed by atoms with Gasteiger partial charge in [-0.15, -0.1) is 0 Å². The SMILES string of the molecule is CC1=CC[C@@]23CC[C@@H]([C@@](C)(C=O)OC2=O)[C@@]3(O[Si](C)(C)C)CC1. The quantitative estimate of drug-likeness (QED) is 0.342. The molecule has 2 aliphatic carbocycles. The van der Waals surface area contributed by atoms with Crippen LogP contribution in [-0.4, -0.2) is 31.8 Å². The van der Waals surface area contributed by atoms with Gasteiger partial charge in [-0.2, -0.15) is 0 Å². The first kappa shape index (κ1) is 16.9. The number of carbonyl (C=O) groups excluding carboxylic acids is 2. The lowest BCUT2D eigenvalue weighted by Gasteiger charge is -2.56. The van der Waals surface area contributed by atoms with Crippen molar-refractivity contribution in [1.82, 2.24) is 0 Å². The molecule has 0 aromatic heterocycles. The topological polar surface area (TPSA) is 52.6 Å². The number of ether oxygens (including phenoxy) is 1. The highest BCUT2D eigenvalue weighted by Crippen LogP contribution is 2.65. The van der Waals surface area contributed by atoms with E-state index in [-0.39, 0.29) is 11.9 Å². The van der Waals surface area contributed by atoms with Gasteiger partial charge in [-0.1, -0.05) is 11.6 Å². The maximum atomic E-state index is 13.1. The number of cyclic esters (lactones) is 1. The van der Waals surface area contributed by atoms with Crippen molar-refractivity contribution in [3.05, 3.63) is 11.6 Å². The van der Waals surface area contributed by atoms with Crippen molar-refractivity contribution in [2.24, 2.45) is 11.3 Å². The van der Waals surface area contributed by atoms with Gasteiger partial charge >= 0.3 is 5.97 Å². The molecular formula is C18H28O4Si. The van der Waals surface area contributed by atoms with Crippen molar-refractivity contribution in [2.75, 3.05) is 0 Å². The Bertz CT molecular complexity index is 578. The fraction of sp³-hybridized carbons (Fsp3) is 0.778. The minimum atomic E-state index is -1.91. The van der Waals surface area contributed by atoms with Crippen LogP contribution in [0.5, 0.6) is 0 Å². The first-order chi connectivity index (χ1) is 10.6. The highest BCUT2D eigenvalue weighted by atomic mass is 28.4. The zero-order valence-electron chi connectivity index (χ0n) is 14.9. The van der Waals surface area contributed by atoms with E-state index in [4.69, 9.17) is 9.16 Å². The number of carbonyl (C=O) groups is 2. The van der Waals surface area contributed by atoms with Crippen LogP contribution in [0.1, 0.15) is 46.0 Å². The van der Waals surface area contributed by atoms with E-state index in [1.54, 1.807) is 6.92 Å². The molecule has 1 saturated heterocycles. The summed E-state index contributed by atoms with van der Waals surface area (Å²) in [7, 11) is -1.91. The summed E-state index contributed by atoms with van der Waals surface area (Å²) in [6, 6.07) is 0. The molecule has 0 N–H and O–H groups in total. The molecule has 23 heavy (non-hydrogen) atoms. The molecular weight excluding hydrogens is 308 g/mol. The molecule has 128 valence electrons. The fourth-order valence-corrected chi connectivity index (χ4v) is 6.57. The number of hydrogen-bond acceptors (Lipinski definition) is 4. The number of allylic oxidation sites excluding steroid dienone is 2. The molecule has 0 unspecified atom stereocenters. The van der Waals surface area contributed by atoms with E-state index in [9.17, 15) is 9.59 Å². The number of aldehydes is 1. The van der Waals surface area contributed by atoms with Crippen molar-refractivity contribution in [3.8, 4) is 0 Å². The van der Waals surface area contributed by atoms with Crippen LogP contribution in [-0.2, 0) is 18.8 Å². The van der Waals surface area contributed by atoms with Crippen LogP contribution < -0.4 is 0 Å². The minimum absolute atomic E-state index is 0.0452. The Morgan fingerprint density at radius 2 is 2.04 bits per heavy atom. The van der Waals surface area contributed by atoms with Crippen molar-refractivity contribution >= 4 is 20.6 Å². The summed E-state index contributed by atoms with van der Waals surface area (Å²) in [6.07, 6.45) is 6.99. The monoisotopic (exact) mass is 336 g/mol. The van der Waals surface area contributed by atoms with E-state index in [1.807, 2.05) is 0 Å². The zero-order valence-corrected chi connectivity index (χ0v) is 15.9. The van der Waals surface area contributed by atoms with Gasteiger partial charge in [-0.25, -0.2) is 0 Å². The molecule has 5 heteroatoms. The van der Waals surface area contributed by atoms with E-state index in [1.165, 1.54) is 5.57 Å². The molecule has 0 radical (unpaired) electrons. The Balaban J connectivity index is 2.19. The van der Waals surface area contributed by atoms with Crippen LogP contribution in [0.4, 0.5) is 0 Å². The summed E-state index contributed by atoms with van der Waals surface area (Å²) in [5.74, 6) is -0.277. The maximum Gasteiger partial charge on any atom is 0.316 e. The Morgan fingerprint density at radius 3 is 2.65 bits per heavy atom. The highest BCUT2D eigenvalue weighted by molar-refractivity contribution is 6.69. The van der Waals surface area contributed by atoms with Gasteiger partial charge in [0.15, 0.2) is 20.2 Å². The molecule has 3 rings (SSSR count). The molecule has 0 aromatic carbocycles. The van der Waals surface area contributed by atoms with Gasteiger partial charge in [0.1, 0.15) is 0 Å². The third-order valence-corrected chi connectivity index (χ3v) is 7.02. The number of esters is 1. The van der Waals surface area contributed by atoms with E-state index in [2.05, 4.69) is 32.6 Å². The van der Waals surface area contributed by atoms with E-state index >= 15 is 0 Å². The molecule has 3 aliphatic rings. The Labute approximate surface area is 139 Å². The van der Waals surface area contributed by atoms with Crippen LogP contribution in [0.25, 0.3) is 0 Å². The smallest absolute Gasteiger partial charge is 0.316 e. The third kappa shape index (κ3) is 2.27. The van der Waals surface area contributed by atoms with Crippen LogP contribution >= 0.6 is 0 Å². The summed E-state index contributed by atoms with van der Waals surface area (Å²) in [5, 5.41) is 0. The largest absolute Gasteiger partial charge is 0.451 e. The second-order valence-corrected chi connectivity index (χ2v) is 13.2. The number of hydrogen-bond donors (Lipinski definition) is 0. The van der Waals surface area contributed by atoms with Crippen LogP contribution in [0.15, 0.2) is 11.6 Å². The van der Waals surface area contributed by atoms with Crippen molar-refractivity contribution in [2.45, 2.75) is 76.8 Å². The summed E-state index contributed by atoms with van der Waals surface area (Å²) in [5.41, 5.74) is -0.928. The van der Waals surface area contributed by atoms with Crippen LogP contribution in [0.2, 0.25) is 19.6 Å². The Kier molecular flexibility index (Phi) is 3.69. The Hall–Kier alpha value is -0.943. The summed E-state index contributed by atoms with van der Waals surface area (Å²) in [6.45, 7) is 10.4. The lowest BCUT2D eigenvalue weighted by molar-refractivity contribution is -0.223. The predicted molar refractivity (Wildman–Crippen MR) is 90.5 cm³/mol. The fourth-order valence-electron chi connectivity index (χ4n) is 5.04. The van der Waals surface area contributed by atoms with Gasteiger partial charge in [0.25, 0.3) is 0 Å². The van der Waals surface area contributed by atoms with Gasteiger partial charge in [0.05, 0.1) is 11.0 Å². The first-order valence-corrected chi connectivity index (χ1v) is 12.0. The molecule has 2 bridgehead atoms. The van der Waals surface area contributed by atoms with Gasteiger partial charge in [-0.3, -0.25) is 9.59 Å². The molecule has 0 amide bonds. The molecule has 1 saturated carbocycles. The molecule has 2 fully saturated rings. The first-order valence-electron chi connectivity index (χ1n) is 8.64. The second kappa shape index (κ2) is 5.03. The summed E-state index contributed by atoms with van der Waals surface area (Å²) >= 11 is 0. The van der Waals surface area contributed by atoms with Gasteiger partial charge < -0.3 is 9.16 Å². The number of rotatable bonds is 3. The van der Waals surface area contributed by atoms with Gasteiger partial charge in [0, 0.05) is 5.92 Å². The molecule has 4 nitrogen and oxygen atoms in total. The standard InChI is InChI=1S/C18H28O4Si/c1-13-6-9-17-10-8-14(16(2,12-19)21-15(17)20)18(17,11-7-13)22-23(3,4)5/h6,12,14H,7-11H2,1-5H3/t14-,16+,17+,18-/m0/s1. The van der Waals surface area contributed by atoms with Crippen molar-refractivity contribution in [3.63, 3.8) is 0 Å². The molecule has 4 atom stereocenters. The van der Waals surface area contributed by atoms with E-state index in [0.29, 0.717) is 6.42 Å². The Morgan fingerprint density at radius 1 is 1.35 bits per heavy atom. The van der Waals surface area contributed by atoms with Gasteiger partial charge in [-0.05, 0) is 65.6 Å². The van der Waals surface area contributed by atoms with E-state index in [0.717, 1.165) is 32.0 Å². The molecule has 1 aliphatic heterocycles. The zero-order chi connectivity index (χ0) is 17.1. The molecule has 0 aromatic rings. The average Bonchev–Trinajstić information content (AvgIpc) is 2.61. The van der Waals surface area contributed by atoms with Crippen LogP contribution in [0.3, 0.4) is 0 Å². The minimum Gasteiger partial charge on any atom is -0.451 e.